The van der Waals surface area contributed by atoms with E-state index in [9.17, 15) is 0 Å². The molecule has 1 aromatic heterocycles. The number of nitrogens with one attached hydrogen (secondary N) is 1. The molecule has 0 aliphatic carbocycles. The van der Waals surface area contributed by atoms with Crippen molar-refractivity contribution in [2.75, 3.05) is 13.6 Å². The van der Waals surface area contributed by atoms with Crippen LogP contribution in [0, 0.1) is 6.92 Å². The van der Waals surface area contributed by atoms with E-state index in [0.717, 1.165) is 25.0 Å². The van der Waals surface area contributed by atoms with Crippen molar-refractivity contribution >= 4 is 11.0 Å². The monoisotopic (exact) mass is 203 g/mol. The molecule has 0 spiro atoms. The molecule has 0 bridgehead atoms. The van der Waals surface area contributed by atoms with E-state index < -0.39 is 0 Å². The van der Waals surface area contributed by atoms with Crippen LogP contribution in [0.15, 0.2) is 28.9 Å². The molecule has 0 radical (unpaired) electrons. The number of furan rings is 1. The smallest absolute Gasteiger partial charge is 0.137 e. The Labute approximate surface area is 90.3 Å². The van der Waals surface area contributed by atoms with Crippen molar-refractivity contribution in [2.24, 2.45) is 0 Å². The van der Waals surface area contributed by atoms with Gasteiger partial charge in [0.05, 0.1) is 6.26 Å². The van der Waals surface area contributed by atoms with Crippen LogP contribution in [-0.2, 0) is 6.42 Å². The molecule has 2 rings (SSSR count). The second kappa shape index (κ2) is 4.49. The van der Waals surface area contributed by atoms with Crippen LogP contribution in [0.3, 0.4) is 0 Å². The maximum atomic E-state index is 5.59. The Morgan fingerprint density at radius 3 is 3.00 bits per heavy atom. The minimum absolute atomic E-state index is 1.05. The Balaban J connectivity index is 2.26. The topological polar surface area (TPSA) is 25.2 Å². The van der Waals surface area contributed by atoms with Gasteiger partial charge in [-0.3, -0.25) is 0 Å². The van der Waals surface area contributed by atoms with Crippen molar-refractivity contribution in [1.82, 2.24) is 5.32 Å². The lowest BCUT2D eigenvalue weighted by Gasteiger charge is -2.02. The predicted octanol–water partition coefficient (Wildman–Crippen LogP) is 2.89. The van der Waals surface area contributed by atoms with Gasteiger partial charge in [0.1, 0.15) is 5.58 Å². The van der Waals surface area contributed by atoms with E-state index in [0.29, 0.717) is 0 Å². The molecule has 2 aromatic rings. The Bertz CT molecular complexity index is 445. The van der Waals surface area contributed by atoms with Crippen molar-refractivity contribution < 1.29 is 4.42 Å². The van der Waals surface area contributed by atoms with E-state index in [2.05, 4.69) is 30.4 Å². The lowest BCUT2D eigenvalue weighted by molar-refractivity contribution is 0.605. The average Bonchev–Trinajstić information content (AvgIpc) is 2.62. The first-order chi connectivity index (χ1) is 7.33. The Morgan fingerprint density at radius 1 is 1.33 bits per heavy atom. The molecule has 0 fully saturated rings. The molecule has 80 valence electrons. The molecule has 0 unspecified atom stereocenters. The van der Waals surface area contributed by atoms with Gasteiger partial charge in [-0.1, -0.05) is 18.2 Å². The third-order valence-corrected chi connectivity index (χ3v) is 2.75. The van der Waals surface area contributed by atoms with Gasteiger partial charge >= 0.3 is 0 Å². The Kier molecular flexibility index (Phi) is 3.07. The molecule has 0 atom stereocenters. The summed E-state index contributed by atoms with van der Waals surface area (Å²) in [4.78, 5) is 0. The first-order valence-corrected chi connectivity index (χ1v) is 5.43. The van der Waals surface area contributed by atoms with Crippen molar-refractivity contribution in [3.8, 4) is 0 Å². The van der Waals surface area contributed by atoms with Gasteiger partial charge in [-0.2, -0.15) is 0 Å². The standard InChI is InChI=1S/C13H17NO/c1-10-9-15-13-11(6-4-8-14-2)5-3-7-12(10)13/h3,5,7,9,14H,4,6,8H2,1-2H3. The number of para-hydroxylation sites is 1. The molecular formula is C13H17NO. The summed E-state index contributed by atoms with van der Waals surface area (Å²) in [6.07, 6.45) is 4.06. The van der Waals surface area contributed by atoms with Crippen molar-refractivity contribution in [3.05, 3.63) is 35.6 Å². The molecule has 0 aliphatic heterocycles. The van der Waals surface area contributed by atoms with Gasteiger partial charge < -0.3 is 9.73 Å². The zero-order valence-electron chi connectivity index (χ0n) is 9.34. The summed E-state index contributed by atoms with van der Waals surface area (Å²) in [6.45, 7) is 3.14. The number of rotatable bonds is 4. The summed E-state index contributed by atoms with van der Waals surface area (Å²) >= 11 is 0. The molecular weight excluding hydrogens is 186 g/mol. The number of benzene rings is 1. The number of fused-ring (bicyclic) bond motifs is 1. The number of aryl methyl sites for hydroxylation is 2. The molecule has 2 nitrogen and oxygen atoms in total. The first-order valence-electron chi connectivity index (χ1n) is 5.43. The van der Waals surface area contributed by atoms with Crippen LogP contribution in [0.25, 0.3) is 11.0 Å². The third-order valence-electron chi connectivity index (χ3n) is 2.75. The van der Waals surface area contributed by atoms with Crippen LogP contribution < -0.4 is 5.32 Å². The maximum Gasteiger partial charge on any atom is 0.137 e. The summed E-state index contributed by atoms with van der Waals surface area (Å²) in [5, 5.41) is 4.41. The number of hydrogen-bond donors (Lipinski definition) is 1. The lowest BCUT2D eigenvalue weighted by atomic mass is 10.1. The van der Waals surface area contributed by atoms with Gasteiger partial charge in [0, 0.05) is 5.39 Å². The second-order valence-corrected chi connectivity index (χ2v) is 3.92. The Hall–Kier alpha value is -1.28. The maximum absolute atomic E-state index is 5.59. The van der Waals surface area contributed by atoms with E-state index >= 15 is 0 Å². The highest BCUT2D eigenvalue weighted by Crippen LogP contribution is 2.24. The Morgan fingerprint density at radius 2 is 2.20 bits per heavy atom. The van der Waals surface area contributed by atoms with Crippen LogP contribution >= 0.6 is 0 Å². The molecule has 0 aliphatic rings. The van der Waals surface area contributed by atoms with Crippen molar-refractivity contribution in [1.29, 1.82) is 0 Å². The first kappa shape index (κ1) is 10.2. The van der Waals surface area contributed by atoms with E-state index in [1.54, 1.807) is 0 Å². The highest BCUT2D eigenvalue weighted by Gasteiger charge is 2.06. The zero-order valence-corrected chi connectivity index (χ0v) is 9.34. The van der Waals surface area contributed by atoms with E-state index in [4.69, 9.17) is 4.42 Å². The van der Waals surface area contributed by atoms with Crippen LogP contribution in [0.5, 0.6) is 0 Å². The second-order valence-electron chi connectivity index (χ2n) is 3.92. The van der Waals surface area contributed by atoms with Crippen LogP contribution in [0.1, 0.15) is 17.5 Å². The summed E-state index contributed by atoms with van der Waals surface area (Å²) in [7, 11) is 1.98. The highest BCUT2D eigenvalue weighted by molar-refractivity contribution is 5.83. The van der Waals surface area contributed by atoms with Gasteiger partial charge in [0.2, 0.25) is 0 Å². The van der Waals surface area contributed by atoms with Crippen molar-refractivity contribution in [2.45, 2.75) is 19.8 Å². The van der Waals surface area contributed by atoms with Gasteiger partial charge in [-0.15, -0.1) is 0 Å². The van der Waals surface area contributed by atoms with Gasteiger partial charge in [0.25, 0.3) is 0 Å². The minimum atomic E-state index is 1.05. The zero-order chi connectivity index (χ0) is 10.7. The van der Waals surface area contributed by atoms with Gasteiger partial charge in [-0.05, 0) is 44.5 Å². The summed E-state index contributed by atoms with van der Waals surface area (Å²) in [6, 6.07) is 6.39. The van der Waals surface area contributed by atoms with Crippen LogP contribution in [0.4, 0.5) is 0 Å². The van der Waals surface area contributed by atoms with E-state index in [1.165, 1.54) is 16.5 Å². The normalized spacial score (nSPS) is 11.1. The predicted molar refractivity (Wildman–Crippen MR) is 63.2 cm³/mol. The fourth-order valence-electron chi connectivity index (χ4n) is 1.90. The van der Waals surface area contributed by atoms with Crippen molar-refractivity contribution in [3.63, 3.8) is 0 Å². The SMILES string of the molecule is CNCCCc1cccc2c(C)coc12. The summed E-state index contributed by atoms with van der Waals surface area (Å²) < 4.78 is 5.59. The molecule has 1 N–H and O–H groups in total. The largest absolute Gasteiger partial charge is 0.464 e. The van der Waals surface area contributed by atoms with Gasteiger partial charge in [0.15, 0.2) is 0 Å². The molecule has 1 aromatic carbocycles. The average molecular weight is 203 g/mol. The lowest BCUT2D eigenvalue weighted by Crippen LogP contribution is -2.08. The molecule has 0 saturated heterocycles. The summed E-state index contributed by atoms with van der Waals surface area (Å²) in [5.74, 6) is 0. The molecule has 2 heteroatoms. The molecule has 0 saturated carbocycles. The van der Waals surface area contributed by atoms with Crippen LogP contribution in [0.2, 0.25) is 0 Å². The molecule has 15 heavy (non-hydrogen) atoms. The fraction of sp³-hybridized carbons (Fsp3) is 0.385. The minimum Gasteiger partial charge on any atom is -0.464 e. The summed E-state index contributed by atoms with van der Waals surface area (Å²) in [5.41, 5.74) is 3.60. The third kappa shape index (κ3) is 2.05. The van der Waals surface area contributed by atoms with E-state index in [-0.39, 0.29) is 0 Å². The van der Waals surface area contributed by atoms with Crippen LogP contribution in [-0.4, -0.2) is 13.6 Å². The molecule has 1 heterocycles. The number of hydrogen-bond acceptors (Lipinski definition) is 2. The highest BCUT2D eigenvalue weighted by atomic mass is 16.3. The fourth-order valence-corrected chi connectivity index (χ4v) is 1.90. The molecule has 0 amide bonds. The van der Waals surface area contributed by atoms with Gasteiger partial charge in [-0.25, -0.2) is 0 Å². The van der Waals surface area contributed by atoms with E-state index in [1.807, 2.05) is 13.3 Å². The quantitative estimate of drug-likeness (QED) is 0.773.